The van der Waals surface area contributed by atoms with Crippen molar-refractivity contribution >= 4 is 5.91 Å². The second kappa shape index (κ2) is 6.14. The molecule has 19 heavy (non-hydrogen) atoms. The van der Waals surface area contributed by atoms with E-state index in [4.69, 9.17) is 0 Å². The van der Waals surface area contributed by atoms with Gasteiger partial charge in [0, 0.05) is 12.6 Å². The summed E-state index contributed by atoms with van der Waals surface area (Å²) < 4.78 is 1.63. The highest BCUT2D eigenvalue weighted by Crippen LogP contribution is 2.31. The molecule has 0 bridgehead atoms. The van der Waals surface area contributed by atoms with E-state index < -0.39 is 5.54 Å². The van der Waals surface area contributed by atoms with Gasteiger partial charge in [-0.1, -0.05) is 25.0 Å². The molecule has 0 radical (unpaired) electrons. The predicted octanol–water partition coefficient (Wildman–Crippen LogP) is 0.726. The van der Waals surface area contributed by atoms with E-state index in [1.165, 1.54) is 6.42 Å². The van der Waals surface area contributed by atoms with E-state index in [0.29, 0.717) is 18.9 Å². The van der Waals surface area contributed by atoms with Crippen LogP contribution in [0.2, 0.25) is 0 Å². The first-order chi connectivity index (χ1) is 9.13. The molecule has 2 atom stereocenters. The molecule has 0 aromatic carbocycles. The van der Waals surface area contributed by atoms with Gasteiger partial charge in [0.25, 0.3) is 0 Å². The molecular weight excluding hydrogens is 244 g/mol. The Kier molecular flexibility index (Phi) is 4.52. The molecule has 1 saturated carbocycles. The largest absolute Gasteiger partial charge is 0.394 e. The first-order valence-corrected chi connectivity index (χ1v) is 6.89. The minimum atomic E-state index is -0.420. The van der Waals surface area contributed by atoms with Gasteiger partial charge in [-0.2, -0.15) is 0 Å². The summed E-state index contributed by atoms with van der Waals surface area (Å²) in [6, 6.07) is 0. The van der Waals surface area contributed by atoms with Crippen molar-refractivity contribution in [2.45, 2.75) is 51.1 Å². The molecule has 1 amide bonds. The Morgan fingerprint density at radius 2 is 2.47 bits per heavy atom. The number of hydrogen-bond donors (Lipinski definition) is 2. The smallest absolute Gasteiger partial charge is 0.222 e. The summed E-state index contributed by atoms with van der Waals surface area (Å²) in [5.41, 5.74) is -0.420. The second-order valence-corrected chi connectivity index (χ2v) is 5.60. The van der Waals surface area contributed by atoms with Gasteiger partial charge in [-0.3, -0.25) is 9.48 Å². The number of aryl methyl sites for hydroxylation is 1. The lowest BCUT2D eigenvalue weighted by Gasteiger charge is -2.39. The zero-order valence-corrected chi connectivity index (χ0v) is 11.4. The van der Waals surface area contributed by atoms with E-state index in [1.54, 1.807) is 17.1 Å². The first kappa shape index (κ1) is 14.0. The monoisotopic (exact) mass is 266 g/mol. The molecule has 1 heterocycles. The SMILES string of the molecule is CC1CCCC(CO)(NC(=O)CCn2ccnn2)C1. The topological polar surface area (TPSA) is 80.0 Å². The van der Waals surface area contributed by atoms with Crippen molar-refractivity contribution in [1.29, 1.82) is 0 Å². The molecular formula is C13H22N4O2. The maximum atomic E-state index is 12.0. The summed E-state index contributed by atoms with van der Waals surface area (Å²) in [6.45, 7) is 2.71. The number of hydrogen-bond acceptors (Lipinski definition) is 4. The van der Waals surface area contributed by atoms with Crippen molar-refractivity contribution in [2.24, 2.45) is 5.92 Å². The van der Waals surface area contributed by atoms with Crippen molar-refractivity contribution in [1.82, 2.24) is 20.3 Å². The lowest BCUT2D eigenvalue weighted by Crippen LogP contribution is -2.54. The summed E-state index contributed by atoms with van der Waals surface area (Å²) in [7, 11) is 0. The van der Waals surface area contributed by atoms with Gasteiger partial charge in [0.1, 0.15) is 0 Å². The molecule has 1 aromatic heterocycles. The maximum Gasteiger partial charge on any atom is 0.222 e. The first-order valence-electron chi connectivity index (χ1n) is 6.89. The fraction of sp³-hybridized carbons (Fsp3) is 0.769. The number of aliphatic hydroxyl groups excluding tert-OH is 1. The van der Waals surface area contributed by atoms with E-state index in [9.17, 15) is 9.90 Å². The molecule has 1 aromatic rings. The molecule has 0 saturated heterocycles. The average molecular weight is 266 g/mol. The molecule has 6 heteroatoms. The molecule has 1 aliphatic rings. The number of amides is 1. The highest BCUT2D eigenvalue weighted by atomic mass is 16.3. The van der Waals surface area contributed by atoms with Crippen molar-refractivity contribution < 1.29 is 9.90 Å². The number of aliphatic hydroxyl groups is 1. The van der Waals surface area contributed by atoms with Crippen molar-refractivity contribution in [2.75, 3.05) is 6.61 Å². The summed E-state index contributed by atoms with van der Waals surface area (Å²) in [5.74, 6) is 0.523. The second-order valence-electron chi connectivity index (χ2n) is 5.60. The highest BCUT2D eigenvalue weighted by Gasteiger charge is 2.35. The van der Waals surface area contributed by atoms with Crippen LogP contribution in [-0.4, -0.2) is 38.2 Å². The molecule has 1 aliphatic carbocycles. The van der Waals surface area contributed by atoms with Gasteiger partial charge in [-0.05, 0) is 18.8 Å². The Morgan fingerprint density at radius 3 is 3.11 bits per heavy atom. The van der Waals surface area contributed by atoms with Crippen LogP contribution in [0.1, 0.15) is 39.0 Å². The van der Waals surface area contributed by atoms with Crippen LogP contribution in [0.25, 0.3) is 0 Å². The Balaban J connectivity index is 1.85. The molecule has 6 nitrogen and oxygen atoms in total. The number of nitrogens with zero attached hydrogens (tertiary/aromatic N) is 3. The Morgan fingerprint density at radius 1 is 1.63 bits per heavy atom. The van der Waals surface area contributed by atoms with E-state index in [2.05, 4.69) is 22.6 Å². The standard InChI is InChI=1S/C13H22N4O2/c1-11-3-2-5-13(9-11,10-18)15-12(19)4-7-17-8-6-14-16-17/h6,8,11,18H,2-5,7,9-10H2,1H3,(H,15,19). The summed E-state index contributed by atoms with van der Waals surface area (Å²) >= 11 is 0. The van der Waals surface area contributed by atoms with E-state index >= 15 is 0 Å². The number of carbonyl (C=O) groups excluding carboxylic acids is 1. The molecule has 2 unspecified atom stereocenters. The van der Waals surface area contributed by atoms with E-state index in [1.807, 2.05) is 0 Å². The molecule has 2 rings (SSSR count). The van der Waals surface area contributed by atoms with Crippen LogP contribution in [-0.2, 0) is 11.3 Å². The molecule has 0 spiro atoms. The van der Waals surface area contributed by atoms with Gasteiger partial charge in [0.05, 0.1) is 24.9 Å². The maximum absolute atomic E-state index is 12.0. The Hall–Kier alpha value is -1.43. The van der Waals surface area contributed by atoms with Gasteiger partial charge in [0.2, 0.25) is 5.91 Å². The van der Waals surface area contributed by atoms with Crippen LogP contribution < -0.4 is 5.32 Å². The van der Waals surface area contributed by atoms with E-state index in [0.717, 1.165) is 19.3 Å². The fourth-order valence-electron chi connectivity index (χ4n) is 2.88. The normalized spacial score (nSPS) is 27.2. The van der Waals surface area contributed by atoms with Gasteiger partial charge in [-0.25, -0.2) is 0 Å². The third-order valence-electron chi connectivity index (χ3n) is 3.84. The number of rotatable bonds is 5. The summed E-state index contributed by atoms with van der Waals surface area (Å²) in [6.07, 6.45) is 7.65. The lowest BCUT2D eigenvalue weighted by molar-refractivity contribution is -0.124. The van der Waals surface area contributed by atoms with Crippen LogP contribution >= 0.6 is 0 Å². The minimum Gasteiger partial charge on any atom is -0.394 e. The van der Waals surface area contributed by atoms with Crippen molar-refractivity contribution in [3.63, 3.8) is 0 Å². The number of carbonyl (C=O) groups is 1. The molecule has 2 N–H and O–H groups in total. The van der Waals surface area contributed by atoms with Gasteiger partial charge < -0.3 is 10.4 Å². The minimum absolute atomic E-state index is 0.0202. The third-order valence-corrected chi connectivity index (χ3v) is 3.84. The number of nitrogens with one attached hydrogen (secondary N) is 1. The highest BCUT2D eigenvalue weighted by molar-refractivity contribution is 5.76. The third kappa shape index (κ3) is 3.76. The van der Waals surface area contributed by atoms with Crippen molar-refractivity contribution in [3.8, 4) is 0 Å². The van der Waals surface area contributed by atoms with Gasteiger partial charge in [-0.15, -0.1) is 5.10 Å². The molecule has 0 aliphatic heterocycles. The summed E-state index contributed by atoms with van der Waals surface area (Å²) in [4.78, 5) is 12.0. The van der Waals surface area contributed by atoms with E-state index in [-0.39, 0.29) is 12.5 Å². The number of aromatic nitrogens is 3. The Bertz CT molecular complexity index is 407. The quantitative estimate of drug-likeness (QED) is 0.823. The molecule has 1 fully saturated rings. The van der Waals surface area contributed by atoms with Crippen molar-refractivity contribution in [3.05, 3.63) is 12.4 Å². The zero-order chi connectivity index (χ0) is 13.7. The summed E-state index contributed by atoms with van der Waals surface area (Å²) in [5, 5.41) is 20.2. The van der Waals surface area contributed by atoms with Crippen LogP contribution in [0.15, 0.2) is 12.4 Å². The fourth-order valence-corrected chi connectivity index (χ4v) is 2.88. The van der Waals surface area contributed by atoms with Crippen LogP contribution in [0.5, 0.6) is 0 Å². The van der Waals surface area contributed by atoms with Crippen LogP contribution in [0, 0.1) is 5.92 Å². The predicted molar refractivity (Wildman–Crippen MR) is 70.2 cm³/mol. The average Bonchev–Trinajstić information content (AvgIpc) is 2.89. The molecule has 106 valence electrons. The zero-order valence-electron chi connectivity index (χ0n) is 11.4. The van der Waals surface area contributed by atoms with Crippen LogP contribution in [0.4, 0.5) is 0 Å². The van der Waals surface area contributed by atoms with Crippen LogP contribution in [0.3, 0.4) is 0 Å². The van der Waals surface area contributed by atoms with Gasteiger partial charge >= 0.3 is 0 Å². The Labute approximate surface area is 113 Å². The van der Waals surface area contributed by atoms with Gasteiger partial charge in [0.15, 0.2) is 0 Å². The lowest BCUT2D eigenvalue weighted by atomic mass is 9.77.